The zero-order chi connectivity index (χ0) is 16.4. The lowest BCUT2D eigenvalue weighted by molar-refractivity contribution is 0.0201. The second-order valence-electron chi connectivity index (χ2n) is 7.62. The predicted molar refractivity (Wildman–Crippen MR) is 90.9 cm³/mol. The summed E-state index contributed by atoms with van der Waals surface area (Å²) in [7, 11) is 0. The van der Waals surface area contributed by atoms with Gasteiger partial charge < -0.3 is 19.0 Å². The van der Waals surface area contributed by atoms with E-state index in [0.29, 0.717) is 5.76 Å². The van der Waals surface area contributed by atoms with Crippen molar-refractivity contribution in [1.29, 1.82) is 0 Å². The predicted octanol–water partition coefficient (Wildman–Crippen LogP) is 2.78. The fourth-order valence-corrected chi connectivity index (χ4v) is 4.75. The summed E-state index contributed by atoms with van der Waals surface area (Å²) in [4.78, 5) is 17.5. The Bertz CT molecular complexity index is 543. The Morgan fingerprint density at radius 1 is 1.17 bits per heavy atom. The van der Waals surface area contributed by atoms with Crippen LogP contribution in [0.1, 0.15) is 49.1 Å². The molecule has 4 rings (SSSR count). The molecular weight excluding hydrogens is 304 g/mol. The van der Waals surface area contributed by atoms with Gasteiger partial charge in [-0.25, -0.2) is 0 Å². The fourth-order valence-electron chi connectivity index (χ4n) is 4.75. The monoisotopic (exact) mass is 332 g/mol. The van der Waals surface area contributed by atoms with Crippen molar-refractivity contribution in [1.82, 2.24) is 9.80 Å². The van der Waals surface area contributed by atoms with Crippen LogP contribution in [0, 0.1) is 5.92 Å². The van der Waals surface area contributed by atoms with E-state index in [1.165, 1.54) is 19.4 Å². The van der Waals surface area contributed by atoms with E-state index in [-0.39, 0.29) is 11.4 Å². The standard InChI is InChI=1S/C19H28N2O3/c22-18(17-3-1-12-24-17)21-9-2-6-19(21)7-10-20(11-8-19)15-16-4-13-23-14-5-16/h1,3,12,16H,2,4-11,13-15H2. The van der Waals surface area contributed by atoms with E-state index in [9.17, 15) is 4.79 Å². The molecule has 0 unspecified atom stereocenters. The first-order valence-electron chi connectivity index (χ1n) is 9.42. The first kappa shape index (κ1) is 16.2. The van der Waals surface area contributed by atoms with Crippen molar-refractivity contribution in [3.63, 3.8) is 0 Å². The minimum Gasteiger partial charge on any atom is -0.459 e. The molecule has 1 amide bonds. The molecule has 5 nitrogen and oxygen atoms in total. The Kier molecular flexibility index (Phi) is 4.63. The molecule has 3 saturated heterocycles. The van der Waals surface area contributed by atoms with Crippen molar-refractivity contribution < 1.29 is 13.9 Å². The molecule has 1 aromatic rings. The second-order valence-corrected chi connectivity index (χ2v) is 7.62. The van der Waals surface area contributed by atoms with Crippen molar-refractivity contribution in [3.05, 3.63) is 24.2 Å². The Morgan fingerprint density at radius 2 is 1.96 bits per heavy atom. The molecule has 24 heavy (non-hydrogen) atoms. The number of piperidine rings is 1. The quantitative estimate of drug-likeness (QED) is 0.854. The van der Waals surface area contributed by atoms with Gasteiger partial charge in [0.05, 0.1) is 6.26 Å². The van der Waals surface area contributed by atoms with Crippen LogP contribution in [0.3, 0.4) is 0 Å². The number of rotatable bonds is 3. The lowest BCUT2D eigenvalue weighted by Gasteiger charge is -2.45. The zero-order valence-corrected chi connectivity index (χ0v) is 14.4. The summed E-state index contributed by atoms with van der Waals surface area (Å²) in [6.07, 6.45) is 8.45. The molecule has 0 radical (unpaired) electrons. The largest absolute Gasteiger partial charge is 0.459 e. The maximum Gasteiger partial charge on any atom is 0.290 e. The minimum absolute atomic E-state index is 0.0655. The van der Waals surface area contributed by atoms with E-state index in [1.54, 1.807) is 18.4 Å². The van der Waals surface area contributed by atoms with E-state index >= 15 is 0 Å². The molecule has 3 aliphatic rings. The Hall–Kier alpha value is -1.33. The number of likely N-dealkylation sites (tertiary alicyclic amines) is 2. The highest BCUT2D eigenvalue weighted by molar-refractivity contribution is 5.92. The normalized spacial score (nSPS) is 25.4. The lowest BCUT2D eigenvalue weighted by Crippen LogP contribution is -2.54. The molecule has 4 heterocycles. The van der Waals surface area contributed by atoms with Gasteiger partial charge in [-0.15, -0.1) is 0 Å². The van der Waals surface area contributed by atoms with Crippen molar-refractivity contribution >= 4 is 5.91 Å². The van der Waals surface area contributed by atoms with Crippen LogP contribution in [0.2, 0.25) is 0 Å². The van der Waals surface area contributed by atoms with E-state index in [4.69, 9.17) is 9.15 Å². The third-order valence-corrected chi connectivity index (χ3v) is 6.22. The summed E-state index contributed by atoms with van der Waals surface area (Å²) in [6, 6.07) is 3.58. The molecular formula is C19H28N2O3. The Labute approximate surface area is 143 Å². The molecule has 0 aliphatic carbocycles. The molecule has 1 spiro atoms. The highest BCUT2D eigenvalue weighted by atomic mass is 16.5. The minimum atomic E-state index is 0.0655. The first-order valence-corrected chi connectivity index (χ1v) is 9.42. The Morgan fingerprint density at radius 3 is 2.67 bits per heavy atom. The summed E-state index contributed by atoms with van der Waals surface area (Å²) in [5.41, 5.74) is 0.0655. The van der Waals surface area contributed by atoms with Crippen LogP contribution < -0.4 is 0 Å². The van der Waals surface area contributed by atoms with Crippen LogP contribution >= 0.6 is 0 Å². The van der Waals surface area contributed by atoms with Gasteiger partial charge in [-0.05, 0) is 56.6 Å². The van der Waals surface area contributed by atoms with Crippen LogP contribution in [-0.4, -0.2) is 60.6 Å². The van der Waals surface area contributed by atoms with Gasteiger partial charge >= 0.3 is 0 Å². The maximum atomic E-state index is 12.8. The van der Waals surface area contributed by atoms with Crippen LogP contribution in [0.5, 0.6) is 0 Å². The number of amides is 1. The average molecular weight is 332 g/mol. The van der Waals surface area contributed by atoms with Crippen LogP contribution in [-0.2, 0) is 4.74 Å². The van der Waals surface area contributed by atoms with E-state index < -0.39 is 0 Å². The summed E-state index contributed by atoms with van der Waals surface area (Å²) in [5.74, 6) is 1.36. The molecule has 0 N–H and O–H groups in total. The van der Waals surface area contributed by atoms with Gasteiger partial charge in [0.2, 0.25) is 0 Å². The van der Waals surface area contributed by atoms with E-state index in [2.05, 4.69) is 9.80 Å². The Balaban J connectivity index is 1.37. The summed E-state index contributed by atoms with van der Waals surface area (Å²) < 4.78 is 10.8. The summed E-state index contributed by atoms with van der Waals surface area (Å²) in [6.45, 7) is 6.14. The molecule has 0 atom stereocenters. The number of furan rings is 1. The van der Waals surface area contributed by atoms with Crippen LogP contribution in [0.15, 0.2) is 22.8 Å². The van der Waals surface area contributed by atoms with Crippen molar-refractivity contribution in [2.24, 2.45) is 5.92 Å². The number of ether oxygens (including phenoxy) is 1. The third kappa shape index (κ3) is 3.11. The SMILES string of the molecule is O=C(c1ccco1)N1CCCC12CCN(CC1CCOCC1)CC2. The van der Waals surface area contributed by atoms with Crippen molar-refractivity contribution in [3.8, 4) is 0 Å². The smallest absolute Gasteiger partial charge is 0.290 e. The summed E-state index contributed by atoms with van der Waals surface area (Å²) in [5, 5.41) is 0. The van der Waals surface area contributed by atoms with Gasteiger partial charge in [0.1, 0.15) is 0 Å². The maximum absolute atomic E-state index is 12.8. The number of nitrogens with zero attached hydrogens (tertiary/aromatic N) is 2. The van der Waals surface area contributed by atoms with Gasteiger partial charge in [-0.3, -0.25) is 4.79 Å². The lowest BCUT2D eigenvalue weighted by atomic mass is 9.84. The van der Waals surface area contributed by atoms with Gasteiger partial charge in [0.25, 0.3) is 5.91 Å². The molecule has 3 aliphatic heterocycles. The average Bonchev–Trinajstić information content (AvgIpc) is 3.28. The van der Waals surface area contributed by atoms with Crippen LogP contribution in [0.25, 0.3) is 0 Å². The number of hydrogen-bond donors (Lipinski definition) is 0. The van der Waals surface area contributed by atoms with Gasteiger partial charge in [-0.1, -0.05) is 0 Å². The first-order chi connectivity index (χ1) is 11.8. The van der Waals surface area contributed by atoms with E-state index in [1.807, 2.05) is 0 Å². The molecule has 1 aromatic heterocycles. The fraction of sp³-hybridized carbons (Fsp3) is 0.737. The number of carbonyl (C=O) groups is 1. The third-order valence-electron chi connectivity index (χ3n) is 6.22. The molecule has 0 aromatic carbocycles. The highest BCUT2D eigenvalue weighted by Crippen LogP contribution is 2.39. The van der Waals surface area contributed by atoms with Crippen molar-refractivity contribution in [2.75, 3.05) is 39.4 Å². The summed E-state index contributed by atoms with van der Waals surface area (Å²) >= 11 is 0. The number of hydrogen-bond acceptors (Lipinski definition) is 4. The van der Waals surface area contributed by atoms with Gasteiger partial charge in [0.15, 0.2) is 5.76 Å². The highest BCUT2D eigenvalue weighted by Gasteiger charge is 2.46. The molecule has 0 saturated carbocycles. The molecule has 5 heteroatoms. The van der Waals surface area contributed by atoms with E-state index in [0.717, 1.165) is 64.4 Å². The molecule has 3 fully saturated rings. The van der Waals surface area contributed by atoms with Gasteiger partial charge in [-0.2, -0.15) is 0 Å². The number of carbonyl (C=O) groups excluding carboxylic acids is 1. The second kappa shape index (κ2) is 6.89. The van der Waals surface area contributed by atoms with Crippen LogP contribution in [0.4, 0.5) is 0 Å². The molecule has 0 bridgehead atoms. The van der Waals surface area contributed by atoms with Crippen molar-refractivity contribution in [2.45, 2.75) is 44.1 Å². The molecule has 132 valence electrons. The topological polar surface area (TPSA) is 45.9 Å². The zero-order valence-electron chi connectivity index (χ0n) is 14.4. The van der Waals surface area contributed by atoms with Gasteiger partial charge in [0, 0.05) is 44.9 Å².